The van der Waals surface area contributed by atoms with Gasteiger partial charge >= 0.3 is 5.97 Å². The highest BCUT2D eigenvalue weighted by Crippen LogP contribution is 2.35. The monoisotopic (exact) mass is 368 g/mol. The highest BCUT2D eigenvalue weighted by Gasteiger charge is 2.26. The van der Waals surface area contributed by atoms with E-state index in [4.69, 9.17) is 4.98 Å². The van der Waals surface area contributed by atoms with Gasteiger partial charge in [-0.3, -0.25) is 9.36 Å². The van der Waals surface area contributed by atoms with Crippen molar-refractivity contribution < 1.29 is 9.90 Å². The minimum absolute atomic E-state index is 0.235. The molecule has 1 atom stereocenters. The SMILES string of the molecule is Cc1cccc(-c2nc3sc4c(c3c(=O)n2C(C)C(=O)O)CCCC4)c1. The summed E-state index contributed by atoms with van der Waals surface area (Å²) in [6.45, 7) is 3.50. The normalized spacial score (nSPS) is 15.0. The summed E-state index contributed by atoms with van der Waals surface area (Å²) in [4.78, 5) is 31.8. The number of aliphatic carboxylic acids is 1. The molecule has 1 N–H and O–H groups in total. The first-order valence-electron chi connectivity index (χ1n) is 8.84. The molecule has 0 radical (unpaired) electrons. The van der Waals surface area contributed by atoms with Crippen molar-refractivity contribution in [2.45, 2.75) is 45.6 Å². The van der Waals surface area contributed by atoms with Crippen molar-refractivity contribution in [3.8, 4) is 11.4 Å². The van der Waals surface area contributed by atoms with Gasteiger partial charge in [-0.15, -0.1) is 11.3 Å². The molecule has 4 rings (SSSR count). The summed E-state index contributed by atoms with van der Waals surface area (Å²) in [5, 5.41) is 10.2. The first-order chi connectivity index (χ1) is 12.5. The van der Waals surface area contributed by atoms with Crippen LogP contribution in [0.5, 0.6) is 0 Å². The van der Waals surface area contributed by atoms with Gasteiger partial charge in [0.15, 0.2) is 0 Å². The summed E-state index contributed by atoms with van der Waals surface area (Å²) < 4.78 is 1.35. The van der Waals surface area contributed by atoms with Gasteiger partial charge in [0.05, 0.1) is 5.39 Å². The standard InChI is InChI=1S/C20H20N2O3S/c1-11-6-5-7-13(10-11)17-21-18-16(14-8-3-4-9-15(14)26-18)19(23)22(17)12(2)20(24)25/h5-7,10,12H,3-4,8-9H2,1-2H3,(H,24,25). The fourth-order valence-corrected chi connectivity index (χ4v) is 4.93. The van der Waals surface area contributed by atoms with E-state index in [1.54, 1.807) is 11.3 Å². The number of hydrogen-bond acceptors (Lipinski definition) is 4. The lowest BCUT2D eigenvalue weighted by Crippen LogP contribution is -2.30. The maximum absolute atomic E-state index is 13.4. The zero-order valence-electron chi connectivity index (χ0n) is 14.8. The highest BCUT2D eigenvalue weighted by molar-refractivity contribution is 7.18. The molecule has 1 aromatic carbocycles. The molecule has 3 aromatic rings. The molecular weight excluding hydrogens is 348 g/mol. The minimum Gasteiger partial charge on any atom is -0.480 e. The number of aromatic nitrogens is 2. The van der Waals surface area contributed by atoms with Crippen molar-refractivity contribution in [1.29, 1.82) is 0 Å². The van der Waals surface area contributed by atoms with Gasteiger partial charge in [0.2, 0.25) is 0 Å². The van der Waals surface area contributed by atoms with E-state index in [1.807, 2.05) is 31.2 Å². The van der Waals surface area contributed by atoms with Crippen LogP contribution in [-0.4, -0.2) is 20.6 Å². The van der Waals surface area contributed by atoms with Crippen LogP contribution in [0.3, 0.4) is 0 Å². The molecule has 0 saturated carbocycles. The largest absolute Gasteiger partial charge is 0.480 e. The van der Waals surface area contributed by atoms with Gasteiger partial charge in [0, 0.05) is 10.4 Å². The third-order valence-corrected chi connectivity index (χ3v) is 6.23. The molecule has 26 heavy (non-hydrogen) atoms. The average Bonchev–Trinajstić information content (AvgIpc) is 2.99. The topological polar surface area (TPSA) is 72.2 Å². The Balaban J connectivity index is 2.08. The number of thiophene rings is 1. The second-order valence-corrected chi connectivity index (χ2v) is 7.97. The number of carbonyl (C=O) groups is 1. The van der Waals surface area contributed by atoms with Crippen LogP contribution < -0.4 is 5.56 Å². The molecule has 5 nitrogen and oxygen atoms in total. The van der Waals surface area contributed by atoms with Gasteiger partial charge in [0.1, 0.15) is 16.7 Å². The van der Waals surface area contributed by atoms with Crippen LogP contribution in [0, 0.1) is 6.92 Å². The zero-order valence-corrected chi connectivity index (χ0v) is 15.6. The Kier molecular flexibility index (Phi) is 4.15. The first-order valence-corrected chi connectivity index (χ1v) is 9.65. The third-order valence-electron chi connectivity index (χ3n) is 5.04. The molecule has 6 heteroatoms. The van der Waals surface area contributed by atoms with E-state index in [9.17, 15) is 14.7 Å². The zero-order chi connectivity index (χ0) is 18.4. The Morgan fingerprint density at radius 1 is 1.31 bits per heavy atom. The Morgan fingerprint density at radius 2 is 2.08 bits per heavy atom. The molecule has 134 valence electrons. The molecule has 0 aliphatic heterocycles. The summed E-state index contributed by atoms with van der Waals surface area (Å²) in [7, 11) is 0. The number of rotatable bonds is 3. The Morgan fingerprint density at radius 3 is 2.81 bits per heavy atom. The van der Waals surface area contributed by atoms with E-state index in [2.05, 4.69) is 0 Å². The summed E-state index contributed by atoms with van der Waals surface area (Å²) in [5.74, 6) is -0.606. The van der Waals surface area contributed by atoms with Crippen LogP contribution in [0.2, 0.25) is 0 Å². The van der Waals surface area contributed by atoms with Crippen molar-refractivity contribution in [2.24, 2.45) is 0 Å². The molecule has 0 saturated heterocycles. The van der Waals surface area contributed by atoms with E-state index >= 15 is 0 Å². The summed E-state index contributed by atoms with van der Waals surface area (Å²) in [6, 6.07) is 6.70. The highest BCUT2D eigenvalue weighted by atomic mass is 32.1. The molecule has 0 bridgehead atoms. The van der Waals surface area contributed by atoms with Gasteiger partial charge in [-0.1, -0.05) is 23.8 Å². The average molecular weight is 368 g/mol. The first kappa shape index (κ1) is 17.0. The van der Waals surface area contributed by atoms with Crippen molar-refractivity contribution in [3.63, 3.8) is 0 Å². The Hall–Kier alpha value is -2.47. The van der Waals surface area contributed by atoms with Crippen molar-refractivity contribution in [1.82, 2.24) is 9.55 Å². The number of aryl methyl sites for hydroxylation is 3. The summed E-state index contributed by atoms with van der Waals surface area (Å²) in [5.41, 5.74) is 2.65. The van der Waals surface area contributed by atoms with Crippen LogP contribution in [0.25, 0.3) is 21.6 Å². The van der Waals surface area contributed by atoms with Crippen LogP contribution in [0.1, 0.15) is 41.8 Å². The van der Waals surface area contributed by atoms with Gasteiger partial charge in [-0.25, -0.2) is 9.78 Å². The quantitative estimate of drug-likeness (QED) is 0.759. The summed E-state index contributed by atoms with van der Waals surface area (Å²) >= 11 is 1.58. The number of nitrogens with zero attached hydrogens (tertiary/aromatic N) is 2. The maximum atomic E-state index is 13.4. The van der Waals surface area contributed by atoms with E-state index in [0.717, 1.165) is 47.2 Å². The van der Waals surface area contributed by atoms with E-state index < -0.39 is 12.0 Å². The van der Waals surface area contributed by atoms with Gasteiger partial charge in [-0.05, 0) is 51.2 Å². The van der Waals surface area contributed by atoms with Crippen LogP contribution >= 0.6 is 11.3 Å². The number of carboxylic acids is 1. The van der Waals surface area contributed by atoms with E-state index in [-0.39, 0.29) is 5.56 Å². The van der Waals surface area contributed by atoms with Crippen LogP contribution in [0.4, 0.5) is 0 Å². The smallest absolute Gasteiger partial charge is 0.326 e. The fourth-order valence-electron chi connectivity index (χ4n) is 3.68. The molecule has 0 spiro atoms. The molecular formula is C20H20N2O3S. The number of carboxylic acid groups (broad SMARTS) is 1. The van der Waals surface area contributed by atoms with Crippen molar-refractivity contribution in [3.05, 3.63) is 50.6 Å². The second-order valence-electron chi connectivity index (χ2n) is 6.89. The predicted molar refractivity (Wildman–Crippen MR) is 103 cm³/mol. The maximum Gasteiger partial charge on any atom is 0.326 e. The lowest BCUT2D eigenvalue weighted by molar-refractivity contribution is -0.140. The number of benzene rings is 1. The second kappa shape index (κ2) is 6.36. The lowest BCUT2D eigenvalue weighted by Gasteiger charge is -2.17. The minimum atomic E-state index is -1.04. The number of fused-ring (bicyclic) bond motifs is 3. The molecule has 1 aliphatic carbocycles. The Labute approximate surface area is 154 Å². The molecule has 0 fully saturated rings. The molecule has 2 heterocycles. The summed E-state index contributed by atoms with van der Waals surface area (Å²) in [6.07, 6.45) is 4.04. The Bertz CT molecular complexity index is 1080. The number of hydrogen-bond donors (Lipinski definition) is 1. The van der Waals surface area contributed by atoms with Crippen molar-refractivity contribution >= 4 is 27.5 Å². The fraction of sp³-hybridized carbons (Fsp3) is 0.350. The van der Waals surface area contributed by atoms with Gasteiger partial charge in [-0.2, -0.15) is 0 Å². The lowest BCUT2D eigenvalue weighted by atomic mass is 9.97. The van der Waals surface area contributed by atoms with Gasteiger partial charge in [0.25, 0.3) is 5.56 Å². The van der Waals surface area contributed by atoms with Crippen LogP contribution in [0.15, 0.2) is 29.1 Å². The molecule has 2 aromatic heterocycles. The molecule has 0 amide bonds. The van der Waals surface area contributed by atoms with Crippen LogP contribution in [-0.2, 0) is 17.6 Å². The molecule has 1 aliphatic rings. The third kappa shape index (κ3) is 2.65. The predicted octanol–water partition coefficient (Wildman–Crippen LogP) is 3.96. The molecule has 1 unspecified atom stereocenters. The van der Waals surface area contributed by atoms with E-state index in [1.165, 1.54) is 16.4 Å². The van der Waals surface area contributed by atoms with E-state index in [0.29, 0.717) is 11.2 Å². The van der Waals surface area contributed by atoms with Crippen molar-refractivity contribution in [2.75, 3.05) is 0 Å². The van der Waals surface area contributed by atoms with Gasteiger partial charge < -0.3 is 5.11 Å².